The number of benzene rings is 2. The van der Waals surface area contributed by atoms with Crippen LogP contribution >= 0.6 is 0 Å². The third-order valence-electron chi connectivity index (χ3n) is 4.65. The summed E-state index contributed by atoms with van der Waals surface area (Å²) in [5, 5.41) is 2.80. The molecule has 3 aromatic rings. The Morgan fingerprint density at radius 3 is 2.23 bits per heavy atom. The Bertz CT molecular complexity index is 1230. The summed E-state index contributed by atoms with van der Waals surface area (Å²) in [4.78, 5) is 24.7. The van der Waals surface area contributed by atoms with Gasteiger partial charge in [0.15, 0.2) is 0 Å². The van der Waals surface area contributed by atoms with Crippen molar-refractivity contribution in [2.45, 2.75) is 11.4 Å². The van der Waals surface area contributed by atoms with E-state index in [-0.39, 0.29) is 22.9 Å². The van der Waals surface area contributed by atoms with Crippen LogP contribution in [0.15, 0.2) is 76.6 Å². The van der Waals surface area contributed by atoms with Gasteiger partial charge in [-0.25, -0.2) is 12.7 Å². The van der Waals surface area contributed by atoms with Gasteiger partial charge >= 0.3 is 0 Å². The molecule has 0 saturated heterocycles. The number of methoxy groups -OCH3 is 1. The Hall–Kier alpha value is -3.43. The van der Waals surface area contributed by atoms with E-state index in [9.17, 15) is 18.0 Å². The summed E-state index contributed by atoms with van der Waals surface area (Å²) in [5.41, 5.74) is 1.53. The van der Waals surface area contributed by atoms with Crippen LogP contribution in [0.1, 0.15) is 15.9 Å². The first kappa shape index (κ1) is 22.3. The van der Waals surface area contributed by atoms with Crippen molar-refractivity contribution in [1.29, 1.82) is 0 Å². The second-order valence-electron chi connectivity index (χ2n) is 7.00. The summed E-state index contributed by atoms with van der Waals surface area (Å²) < 4.78 is 32.1. The molecule has 1 N–H and O–H groups in total. The lowest BCUT2D eigenvalue weighted by Gasteiger charge is -2.13. The second kappa shape index (κ2) is 9.15. The van der Waals surface area contributed by atoms with Crippen LogP contribution in [0, 0.1) is 0 Å². The number of carbonyl (C=O) groups excluding carboxylic acids is 1. The molecule has 0 radical (unpaired) electrons. The fourth-order valence-corrected chi connectivity index (χ4v) is 3.75. The molecule has 0 aliphatic heterocycles. The Labute approximate surface area is 180 Å². The number of pyridine rings is 1. The van der Waals surface area contributed by atoms with Crippen LogP contribution in [0.2, 0.25) is 0 Å². The molecule has 0 saturated carbocycles. The topological polar surface area (TPSA) is 97.7 Å². The number of hydrogen-bond donors (Lipinski definition) is 1. The third kappa shape index (κ3) is 5.19. The summed E-state index contributed by atoms with van der Waals surface area (Å²) in [6.45, 7) is 0.177. The summed E-state index contributed by atoms with van der Waals surface area (Å²) in [7, 11) is 0.784. The Kier molecular flexibility index (Phi) is 6.57. The quantitative estimate of drug-likeness (QED) is 0.607. The van der Waals surface area contributed by atoms with Crippen LogP contribution in [-0.4, -0.2) is 44.4 Å². The van der Waals surface area contributed by atoms with Gasteiger partial charge in [0, 0.05) is 37.6 Å². The average Bonchev–Trinajstić information content (AvgIpc) is 2.76. The number of sulfonamides is 1. The molecule has 0 fully saturated rings. The van der Waals surface area contributed by atoms with E-state index < -0.39 is 10.0 Å². The van der Waals surface area contributed by atoms with Crippen molar-refractivity contribution in [3.8, 4) is 5.75 Å². The molecule has 162 valence electrons. The monoisotopic (exact) mass is 441 g/mol. The number of nitrogens with one attached hydrogen (secondary N) is 1. The molecule has 31 heavy (non-hydrogen) atoms. The molecule has 0 spiro atoms. The molecule has 2 aromatic carbocycles. The lowest BCUT2D eigenvalue weighted by atomic mass is 10.1. The maximum Gasteiger partial charge on any atom is 0.255 e. The highest BCUT2D eigenvalue weighted by molar-refractivity contribution is 7.89. The molecule has 3 rings (SSSR count). The van der Waals surface area contributed by atoms with E-state index in [4.69, 9.17) is 4.74 Å². The van der Waals surface area contributed by atoms with Crippen molar-refractivity contribution in [2.75, 3.05) is 26.5 Å². The minimum absolute atomic E-state index is 0.0348. The SMILES string of the molecule is COc1ccc(NC(=O)c2ccc(Cn3cc(S(=O)(=O)N(C)C)ccc3=O)cc2)cc1. The summed E-state index contributed by atoms with van der Waals surface area (Å²) >= 11 is 0. The highest BCUT2D eigenvalue weighted by Gasteiger charge is 2.18. The molecule has 9 heteroatoms. The molecular formula is C22H23N3O5S. The summed E-state index contributed by atoms with van der Waals surface area (Å²) in [5.74, 6) is 0.424. The maximum absolute atomic E-state index is 12.4. The first-order valence-electron chi connectivity index (χ1n) is 9.38. The van der Waals surface area contributed by atoms with Crippen molar-refractivity contribution in [1.82, 2.24) is 8.87 Å². The number of hydrogen-bond acceptors (Lipinski definition) is 5. The number of nitrogens with zero attached hydrogens (tertiary/aromatic N) is 2. The first-order valence-corrected chi connectivity index (χ1v) is 10.8. The van der Waals surface area contributed by atoms with E-state index in [1.165, 1.54) is 37.0 Å². The first-order chi connectivity index (χ1) is 14.7. The van der Waals surface area contributed by atoms with Crippen LogP contribution in [-0.2, 0) is 16.6 Å². The molecule has 0 bridgehead atoms. The molecular weight excluding hydrogens is 418 g/mol. The number of carbonyl (C=O) groups is 1. The zero-order valence-corrected chi connectivity index (χ0v) is 18.2. The van der Waals surface area contributed by atoms with Gasteiger partial charge in [0.05, 0.1) is 18.6 Å². The van der Waals surface area contributed by atoms with Crippen LogP contribution in [0.4, 0.5) is 5.69 Å². The van der Waals surface area contributed by atoms with Crippen LogP contribution in [0.25, 0.3) is 0 Å². The standard InChI is InChI=1S/C22H23N3O5S/c1-24(2)31(28,29)20-12-13-21(26)25(15-20)14-16-4-6-17(7-5-16)22(27)23-18-8-10-19(30-3)11-9-18/h4-13,15H,14H2,1-3H3,(H,23,27). The molecule has 1 aromatic heterocycles. The van der Waals surface area contributed by atoms with Crippen LogP contribution < -0.4 is 15.6 Å². The minimum atomic E-state index is -3.65. The Morgan fingerprint density at radius 2 is 1.65 bits per heavy atom. The third-order valence-corrected chi connectivity index (χ3v) is 6.45. The lowest BCUT2D eigenvalue weighted by Crippen LogP contribution is -2.26. The second-order valence-corrected chi connectivity index (χ2v) is 9.15. The summed E-state index contributed by atoms with van der Waals surface area (Å²) in [6, 6.07) is 16.3. The summed E-state index contributed by atoms with van der Waals surface area (Å²) in [6.07, 6.45) is 1.32. The van der Waals surface area contributed by atoms with E-state index >= 15 is 0 Å². The minimum Gasteiger partial charge on any atom is -0.497 e. The predicted molar refractivity (Wildman–Crippen MR) is 118 cm³/mol. The van der Waals surface area contributed by atoms with Crippen molar-refractivity contribution in [2.24, 2.45) is 0 Å². The van der Waals surface area contributed by atoms with E-state index in [2.05, 4.69) is 5.32 Å². The van der Waals surface area contributed by atoms with Crippen molar-refractivity contribution >= 4 is 21.6 Å². The van der Waals surface area contributed by atoms with Gasteiger partial charge < -0.3 is 14.6 Å². The molecule has 1 heterocycles. The van der Waals surface area contributed by atoms with Crippen LogP contribution in [0.5, 0.6) is 5.75 Å². The predicted octanol–water partition coefficient (Wildman–Crippen LogP) is 2.41. The normalized spacial score (nSPS) is 11.4. The highest BCUT2D eigenvalue weighted by Crippen LogP contribution is 2.16. The number of aromatic nitrogens is 1. The number of amides is 1. The molecule has 0 unspecified atom stereocenters. The van der Waals surface area contributed by atoms with Gasteiger partial charge in [-0.15, -0.1) is 0 Å². The van der Waals surface area contributed by atoms with Crippen molar-refractivity contribution in [3.05, 3.63) is 88.3 Å². The molecule has 0 aliphatic rings. The molecule has 8 nitrogen and oxygen atoms in total. The average molecular weight is 442 g/mol. The van der Waals surface area contributed by atoms with Gasteiger partial charge in [0.2, 0.25) is 10.0 Å². The highest BCUT2D eigenvalue weighted by atomic mass is 32.2. The smallest absolute Gasteiger partial charge is 0.255 e. The van der Waals surface area contributed by atoms with E-state index in [1.807, 2.05) is 0 Å². The van der Waals surface area contributed by atoms with Gasteiger partial charge in [0.1, 0.15) is 5.75 Å². The zero-order valence-electron chi connectivity index (χ0n) is 17.4. The van der Waals surface area contributed by atoms with Crippen molar-refractivity contribution < 1.29 is 17.9 Å². The van der Waals surface area contributed by atoms with Gasteiger partial charge in [-0.05, 0) is 48.0 Å². The lowest BCUT2D eigenvalue weighted by molar-refractivity contribution is 0.102. The number of anilines is 1. The maximum atomic E-state index is 12.4. The zero-order chi connectivity index (χ0) is 22.6. The Balaban J connectivity index is 1.74. The Morgan fingerprint density at radius 1 is 1.00 bits per heavy atom. The molecule has 0 aliphatic carbocycles. The van der Waals surface area contributed by atoms with Gasteiger partial charge in [-0.1, -0.05) is 12.1 Å². The fraction of sp³-hybridized carbons (Fsp3) is 0.182. The van der Waals surface area contributed by atoms with Crippen LogP contribution in [0.3, 0.4) is 0 Å². The van der Waals surface area contributed by atoms with Crippen molar-refractivity contribution in [3.63, 3.8) is 0 Å². The van der Waals surface area contributed by atoms with Gasteiger partial charge in [0.25, 0.3) is 11.5 Å². The van der Waals surface area contributed by atoms with E-state index in [1.54, 1.807) is 55.6 Å². The van der Waals surface area contributed by atoms with Gasteiger partial charge in [-0.2, -0.15) is 0 Å². The number of ether oxygens (including phenoxy) is 1. The largest absolute Gasteiger partial charge is 0.497 e. The molecule has 1 amide bonds. The molecule has 0 atom stereocenters. The number of rotatable bonds is 7. The van der Waals surface area contributed by atoms with Gasteiger partial charge in [-0.3, -0.25) is 9.59 Å². The fourth-order valence-electron chi connectivity index (χ4n) is 2.83. The van der Waals surface area contributed by atoms with E-state index in [0.717, 1.165) is 9.87 Å². The van der Waals surface area contributed by atoms with E-state index in [0.29, 0.717) is 17.0 Å².